The predicted octanol–water partition coefficient (Wildman–Crippen LogP) is 3.82. The molecule has 2 aliphatic rings. The van der Waals surface area contributed by atoms with E-state index < -0.39 is 35.6 Å². The van der Waals surface area contributed by atoms with Gasteiger partial charge in [0, 0.05) is 0 Å². The lowest BCUT2D eigenvalue weighted by Gasteiger charge is -2.21. The number of rotatable bonds is 2. The van der Waals surface area contributed by atoms with E-state index in [0.717, 1.165) is 33.2 Å². The molecule has 2 aliphatic heterocycles. The van der Waals surface area contributed by atoms with Gasteiger partial charge in [0.25, 0.3) is 11.8 Å². The van der Waals surface area contributed by atoms with E-state index >= 15 is 0 Å². The van der Waals surface area contributed by atoms with Crippen molar-refractivity contribution in [1.82, 2.24) is 0 Å². The lowest BCUT2D eigenvalue weighted by molar-refractivity contribution is -0.137. The summed E-state index contributed by atoms with van der Waals surface area (Å²) in [5.41, 5.74) is 1.36. The van der Waals surface area contributed by atoms with Gasteiger partial charge in [0.05, 0.1) is 16.9 Å². The van der Waals surface area contributed by atoms with Gasteiger partial charge in [-0.25, -0.2) is 9.91 Å². The van der Waals surface area contributed by atoms with Crippen LogP contribution in [0.3, 0.4) is 0 Å². The number of benzene rings is 2. The SMILES string of the molecule is Cc1cc(C)cc(N2C(=O)C3N=NN(c4cccc(C(F)(F)F)c4)C3C2=O)c1. The molecule has 28 heavy (non-hydrogen) atoms. The average Bonchev–Trinajstić information content (AvgIpc) is 3.14. The molecule has 2 atom stereocenters. The van der Waals surface area contributed by atoms with E-state index in [1.165, 1.54) is 12.1 Å². The van der Waals surface area contributed by atoms with Gasteiger partial charge in [-0.3, -0.25) is 9.59 Å². The molecule has 0 bridgehead atoms. The van der Waals surface area contributed by atoms with Crippen molar-refractivity contribution in [1.29, 1.82) is 0 Å². The largest absolute Gasteiger partial charge is 0.416 e. The second-order valence-corrected chi connectivity index (χ2v) is 6.85. The molecule has 0 radical (unpaired) electrons. The van der Waals surface area contributed by atoms with E-state index in [1.54, 1.807) is 12.1 Å². The number of imide groups is 1. The molecule has 0 aliphatic carbocycles. The highest BCUT2D eigenvalue weighted by atomic mass is 19.4. The molecule has 0 N–H and O–H groups in total. The highest BCUT2D eigenvalue weighted by Crippen LogP contribution is 2.37. The lowest BCUT2D eigenvalue weighted by atomic mass is 10.1. The molecule has 1 saturated heterocycles. The van der Waals surface area contributed by atoms with Crippen LogP contribution in [0.5, 0.6) is 0 Å². The average molecular weight is 388 g/mol. The Balaban J connectivity index is 1.71. The van der Waals surface area contributed by atoms with Crippen molar-refractivity contribution in [3.8, 4) is 0 Å². The first-order valence-electron chi connectivity index (χ1n) is 8.50. The third-order valence-electron chi connectivity index (χ3n) is 4.68. The quantitative estimate of drug-likeness (QED) is 0.735. The number of carbonyl (C=O) groups excluding carboxylic acids is 2. The van der Waals surface area contributed by atoms with Crippen LogP contribution in [-0.4, -0.2) is 23.9 Å². The molecule has 1 fully saturated rings. The van der Waals surface area contributed by atoms with E-state index in [0.29, 0.717) is 5.69 Å². The van der Waals surface area contributed by atoms with Crippen LogP contribution in [0.15, 0.2) is 52.8 Å². The number of hydrogen-bond donors (Lipinski definition) is 0. The van der Waals surface area contributed by atoms with Crippen LogP contribution in [-0.2, 0) is 15.8 Å². The standard InChI is InChI=1S/C19H15F3N4O2/c1-10-6-11(2)8-14(7-10)25-17(27)15-16(18(25)28)26(24-23-15)13-5-3-4-12(9-13)19(20,21)22/h3-9,15-16H,1-2H3. The Labute approximate surface area is 158 Å². The summed E-state index contributed by atoms with van der Waals surface area (Å²) in [6.45, 7) is 3.69. The Bertz CT molecular complexity index is 998. The summed E-state index contributed by atoms with van der Waals surface area (Å²) in [5.74, 6) is -1.11. The fraction of sp³-hybridized carbons (Fsp3) is 0.263. The van der Waals surface area contributed by atoms with Crippen molar-refractivity contribution in [3.63, 3.8) is 0 Å². The highest BCUT2D eigenvalue weighted by Gasteiger charge is 2.55. The maximum absolute atomic E-state index is 13.0. The monoisotopic (exact) mass is 388 g/mol. The maximum Gasteiger partial charge on any atom is 0.416 e. The first-order valence-corrected chi connectivity index (χ1v) is 8.50. The van der Waals surface area contributed by atoms with Crippen LogP contribution in [0.2, 0.25) is 0 Å². The fourth-order valence-electron chi connectivity index (χ4n) is 3.53. The first kappa shape index (κ1) is 18.1. The Hall–Kier alpha value is -3.23. The third-order valence-corrected chi connectivity index (χ3v) is 4.68. The van der Waals surface area contributed by atoms with E-state index in [2.05, 4.69) is 10.3 Å². The molecule has 0 aromatic heterocycles. The number of nitrogens with zero attached hydrogens (tertiary/aromatic N) is 4. The number of halogens is 3. The van der Waals surface area contributed by atoms with Crippen LogP contribution >= 0.6 is 0 Å². The first-order chi connectivity index (χ1) is 13.2. The van der Waals surface area contributed by atoms with Crippen LogP contribution in [0.4, 0.5) is 24.5 Å². The van der Waals surface area contributed by atoms with E-state index in [-0.39, 0.29) is 5.69 Å². The number of amides is 2. The topological polar surface area (TPSA) is 65.3 Å². The third kappa shape index (κ3) is 2.83. The van der Waals surface area contributed by atoms with Gasteiger partial charge in [-0.15, -0.1) is 0 Å². The minimum absolute atomic E-state index is 0.0505. The Morgan fingerprint density at radius 2 is 1.61 bits per heavy atom. The molecule has 2 amide bonds. The number of fused-ring (bicyclic) bond motifs is 1. The van der Waals surface area contributed by atoms with Crippen molar-refractivity contribution in [3.05, 3.63) is 59.2 Å². The number of aryl methyl sites for hydroxylation is 2. The van der Waals surface area contributed by atoms with E-state index in [1.807, 2.05) is 19.9 Å². The highest BCUT2D eigenvalue weighted by molar-refractivity contribution is 6.26. The van der Waals surface area contributed by atoms with Crippen molar-refractivity contribution in [2.45, 2.75) is 32.1 Å². The minimum Gasteiger partial charge on any atom is -0.271 e. The fourth-order valence-corrected chi connectivity index (χ4v) is 3.53. The van der Waals surface area contributed by atoms with Gasteiger partial charge in [-0.05, 0) is 55.3 Å². The van der Waals surface area contributed by atoms with Crippen molar-refractivity contribution in [2.75, 3.05) is 9.91 Å². The zero-order chi connectivity index (χ0) is 20.2. The van der Waals surface area contributed by atoms with Gasteiger partial charge in [0.1, 0.15) is 0 Å². The normalized spacial score (nSPS) is 21.6. The van der Waals surface area contributed by atoms with E-state index in [4.69, 9.17) is 0 Å². The molecule has 4 rings (SSSR count). The number of alkyl halides is 3. The van der Waals surface area contributed by atoms with Crippen LogP contribution < -0.4 is 9.91 Å². The minimum atomic E-state index is -4.53. The molecule has 0 saturated carbocycles. The Morgan fingerprint density at radius 3 is 2.25 bits per heavy atom. The van der Waals surface area contributed by atoms with Crippen LogP contribution in [0.25, 0.3) is 0 Å². The molecule has 0 spiro atoms. The summed E-state index contributed by atoms with van der Waals surface area (Å²) < 4.78 is 39.1. The van der Waals surface area contributed by atoms with Gasteiger partial charge in [-0.2, -0.15) is 18.3 Å². The Kier molecular flexibility index (Phi) is 3.99. The molecular formula is C19H15F3N4O2. The summed E-state index contributed by atoms with van der Waals surface area (Å²) >= 11 is 0. The smallest absolute Gasteiger partial charge is 0.271 e. The van der Waals surface area contributed by atoms with Crippen molar-refractivity contribution < 1.29 is 22.8 Å². The lowest BCUT2D eigenvalue weighted by Crippen LogP contribution is -2.40. The van der Waals surface area contributed by atoms with Crippen LogP contribution in [0.1, 0.15) is 16.7 Å². The summed E-state index contributed by atoms with van der Waals surface area (Å²) in [5, 5.41) is 8.74. The summed E-state index contributed by atoms with van der Waals surface area (Å²) in [6.07, 6.45) is -4.53. The van der Waals surface area contributed by atoms with E-state index in [9.17, 15) is 22.8 Å². The molecule has 2 heterocycles. The molecular weight excluding hydrogens is 373 g/mol. The number of hydrogen-bond acceptors (Lipinski definition) is 5. The van der Waals surface area contributed by atoms with Gasteiger partial charge in [0.2, 0.25) is 0 Å². The summed E-state index contributed by atoms with van der Waals surface area (Å²) in [6, 6.07) is 7.57. The molecule has 2 aromatic carbocycles. The molecule has 6 nitrogen and oxygen atoms in total. The second kappa shape index (κ2) is 6.15. The van der Waals surface area contributed by atoms with Crippen LogP contribution in [0, 0.1) is 13.8 Å². The maximum atomic E-state index is 13.0. The number of carbonyl (C=O) groups is 2. The summed E-state index contributed by atoms with van der Waals surface area (Å²) in [4.78, 5) is 26.8. The molecule has 2 unspecified atom stereocenters. The number of anilines is 2. The van der Waals surface area contributed by atoms with Crippen molar-refractivity contribution in [2.24, 2.45) is 10.3 Å². The molecule has 9 heteroatoms. The molecule has 144 valence electrons. The Morgan fingerprint density at radius 1 is 0.929 bits per heavy atom. The predicted molar refractivity (Wildman–Crippen MR) is 94.8 cm³/mol. The molecule has 2 aromatic rings. The van der Waals surface area contributed by atoms with Gasteiger partial charge in [0.15, 0.2) is 12.1 Å². The van der Waals surface area contributed by atoms with Gasteiger partial charge >= 0.3 is 6.18 Å². The second-order valence-electron chi connectivity index (χ2n) is 6.85. The zero-order valence-electron chi connectivity index (χ0n) is 14.9. The summed E-state index contributed by atoms with van der Waals surface area (Å²) in [7, 11) is 0. The van der Waals surface area contributed by atoms with Crippen molar-refractivity contribution >= 4 is 23.2 Å². The van der Waals surface area contributed by atoms with Gasteiger partial charge < -0.3 is 0 Å². The zero-order valence-corrected chi connectivity index (χ0v) is 14.9. The van der Waals surface area contributed by atoms with Gasteiger partial charge in [-0.1, -0.05) is 17.4 Å².